The van der Waals surface area contributed by atoms with Crippen molar-refractivity contribution >= 4 is 34.0 Å². The zero-order valence-electron chi connectivity index (χ0n) is 19.7. The summed E-state index contributed by atoms with van der Waals surface area (Å²) in [7, 11) is 0. The average Bonchev–Trinajstić information content (AvgIpc) is 3.64. The first-order chi connectivity index (χ1) is 17.1. The first-order valence-corrected chi connectivity index (χ1v) is 12.3. The highest BCUT2D eigenvalue weighted by molar-refractivity contribution is 5.90. The predicted molar refractivity (Wildman–Crippen MR) is 135 cm³/mol. The van der Waals surface area contributed by atoms with Crippen molar-refractivity contribution in [2.75, 3.05) is 60.9 Å². The molecule has 1 aliphatic carbocycles. The number of aromatic nitrogens is 4. The van der Waals surface area contributed by atoms with Gasteiger partial charge in [0.25, 0.3) is 5.56 Å². The fourth-order valence-electron chi connectivity index (χ4n) is 5.24. The molecular formula is C25H29N9O. The molecule has 2 saturated heterocycles. The van der Waals surface area contributed by atoms with Gasteiger partial charge in [0.2, 0.25) is 5.95 Å². The Balaban J connectivity index is 1.24. The fourth-order valence-corrected chi connectivity index (χ4v) is 5.24. The minimum atomic E-state index is -0.325. The number of nitrogens with one attached hydrogen (secondary N) is 2. The highest BCUT2D eigenvalue weighted by Crippen LogP contribution is 2.53. The number of anilines is 4. The van der Waals surface area contributed by atoms with Gasteiger partial charge in [-0.25, -0.2) is 10.1 Å². The zero-order chi connectivity index (χ0) is 23.8. The Hall–Kier alpha value is -3.71. The quantitative estimate of drug-likeness (QED) is 0.541. The number of hydrogen-bond acceptors (Lipinski definition) is 9. The SMILES string of the molecule is N#CCN1CCN(c2nc(Nc3ccc(N4CCC5(CC4)CC5)cc3)c3c(=O)[nH]ncc3n2)CC1. The summed E-state index contributed by atoms with van der Waals surface area (Å²) in [5, 5.41) is 19.1. The summed E-state index contributed by atoms with van der Waals surface area (Å²) in [6, 6.07) is 10.6. The number of piperazine rings is 1. The van der Waals surface area contributed by atoms with E-state index in [-0.39, 0.29) is 5.56 Å². The topological polar surface area (TPSA) is 117 Å². The maximum atomic E-state index is 12.6. The molecule has 0 unspecified atom stereocenters. The van der Waals surface area contributed by atoms with Crippen molar-refractivity contribution in [3.05, 3.63) is 40.8 Å². The van der Waals surface area contributed by atoms with Gasteiger partial charge in [0.05, 0.1) is 18.8 Å². The van der Waals surface area contributed by atoms with E-state index in [2.05, 4.69) is 53.4 Å². The normalized spacial score (nSPS) is 19.6. The van der Waals surface area contributed by atoms with Crippen LogP contribution in [0, 0.1) is 16.7 Å². The minimum Gasteiger partial charge on any atom is -0.371 e. The average molecular weight is 472 g/mol. The number of H-pyrrole nitrogens is 1. The summed E-state index contributed by atoms with van der Waals surface area (Å²) < 4.78 is 0. The van der Waals surface area contributed by atoms with Gasteiger partial charge in [0.1, 0.15) is 16.7 Å². The third-order valence-corrected chi connectivity index (χ3v) is 7.73. The van der Waals surface area contributed by atoms with Crippen molar-refractivity contribution in [3.63, 3.8) is 0 Å². The van der Waals surface area contributed by atoms with E-state index < -0.39 is 0 Å². The summed E-state index contributed by atoms with van der Waals surface area (Å²) in [6.45, 7) is 5.64. The van der Waals surface area contributed by atoms with Gasteiger partial charge in [-0.1, -0.05) is 0 Å². The molecule has 2 aliphatic heterocycles. The molecule has 2 aromatic heterocycles. The largest absolute Gasteiger partial charge is 0.371 e. The second-order valence-corrected chi connectivity index (χ2v) is 9.91. The molecule has 3 aromatic rings. The molecule has 1 spiro atoms. The molecule has 0 radical (unpaired) electrons. The third kappa shape index (κ3) is 4.39. The summed E-state index contributed by atoms with van der Waals surface area (Å²) in [5.74, 6) is 1.03. The molecule has 1 aromatic carbocycles. The van der Waals surface area contributed by atoms with Crippen LogP contribution in [0.1, 0.15) is 25.7 Å². The van der Waals surface area contributed by atoms with Gasteiger partial charge in [-0.05, 0) is 55.4 Å². The first kappa shape index (κ1) is 21.8. The number of piperidine rings is 1. The van der Waals surface area contributed by atoms with E-state index in [1.54, 1.807) is 6.20 Å². The Morgan fingerprint density at radius 1 is 0.971 bits per heavy atom. The highest BCUT2D eigenvalue weighted by atomic mass is 16.1. The van der Waals surface area contributed by atoms with Crippen molar-refractivity contribution in [1.82, 2.24) is 25.1 Å². The molecule has 3 fully saturated rings. The van der Waals surface area contributed by atoms with E-state index >= 15 is 0 Å². The Morgan fingerprint density at radius 2 is 1.71 bits per heavy atom. The van der Waals surface area contributed by atoms with Crippen molar-refractivity contribution in [3.8, 4) is 6.07 Å². The molecule has 0 bridgehead atoms. The molecule has 10 nitrogen and oxygen atoms in total. The Morgan fingerprint density at radius 3 is 2.40 bits per heavy atom. The molecule has 4 heterocycles. The Labute approximate surface area is 203 Å². The maximum Gasteiger partial charge on any atom is 0.277 e. The van der Waals surface area contributed by atoms with Crippen LogP contribution in [-0.2, 0) is 0 Å². The molecule has 1 saturated carbocycles. The van der Waals surface area contributed by atoms with Crippen molar-refractivity contribution in [2.45, 2.75) is 25.7 Å². The molecule has 35 heavy (non-hydrogen) atoms. The standard InChI is InChI=1S/C25H29N9O/c26-9-12-32-13-15-34(16-14-32)24-29-20-17-27-31-23(35)21(20)22(30-24)28-18-1-3-19(4-2-18)33-10-7-25(5-6-25)8-11-33/h1-4,17H,5-8,10-16H2,(H,31,35)(H,28,29,30). The van der Waals surface area contributed by atoms with Gasteiger partial charge in [0.15, 0.2) is 0 Å². The molecule has 0 atom stereocenters. The van der Waals surface area contributed by atoms with E-state index in [1.165, 1.54) is 31.4 Å². The van der Waals surface area contributed by atoms with Crippen molar-refractivity contribution in [2.24, 2.45) is 5.41 Å². The summed E-state index contributed by atoms with van der Waals surface area (Å²) in [5.41, 5.74) is 2.93. The van der Waals surface area contributed by atoms with Crippen LogP contribution in [0.4, 0.5) is 23.1 Å². The number of benzene rings is 1. The fraction of sp³-hybridized carbons (Fsp3) is 0.480. The molecule has 3 aliphatic rings. The molecule has 180 valence electrons. The highest BCUT2D eigenvalue weighted by Gasteiger charge is 2.44. The number of aromatic amines is 1. The number of nitriles is 1. The molecule has 6 rings (SSSR count). The Bertz CT molecular complexity index is 1310. The van der Waals surface area contributed by atoms with Gasteiger partial charge in [-0.3, -0.25) is 9.69 Å². The van der Waals surface area contributed by atoms with Crippen LogP contribution in [0.2, 0.25) is 0 Å². The van der Waals surface area contributed by atoms with Crippen molar-refractivity contribution < 1.29 is 0 Å². The lowest BCUT2D eigenvalue weighted by Crippen LogP contribution is -2.47. The minimum absolute atomic E-state index is 0.325. The molecule has 10 heteroatoms. The Kier molecular flexibility index (Phi) is 5.49. The molecule has 0 amide bonds. The smallest absolute Gasteiger partial charge is 0.277 e. The van der Waals surface area contributed by atoms with Gasteiger partial charge in [-0.2, -0.15) is 15.3 Å². The lowest BCUT2D eigenvalue weighted by atomic mass is 9.93. The lowest BCUT2D eigenvalue weighted by Gasteiger charge is -2.34. The zero-order valence-corrected chi connectivity index (χ0v) is 19.7. The maximum absolute atomic E-state index is 12.6. The predicted octanol–water partition coefficient (Wildman–Crippen LogP) is 2.48. The number of rotatable bonds is 5. The number of hydrogen-bond donors (Lipinski definition) is 2. The van der Waals surface area contributed by atoms with Gasteiger partial charge < -0.3 is 15.1 Å². The number of fused-ring (bicyclic) bond motifs is 1. The van der Waals surface area contributed by atoms with E-state index in [1.807, 2.05) is 12.1 Å². The van der Waals surface area contributed by atoms with Crippen LogP contribution in [0.15, 0.2) is 35.3 Å². The summed E-state index contributed by atoms with van der Waals surface area (Å²) in [6.07, 6.45) is 6.96. The lowest BCUT2D eigenvalue weighted by molar-refractivity contribution is 0.285. The van der Waals surface area contributed by atoms with E-state index in [0.29, 0.717) is 34.6 Å². The third-order valence-electron chi connectivity index (χ3n) is 7.73. The van der Waals surface area contributed by atoms with Gasteiger partial charge >= 0.3 is 0 Å². The first-order valence-electron chi connectivity index (χ1n) is 12.3. The summed E-state index contributed by atoms with van der Waals surface area (Å²) in [4.78, 5) is 28.7. The van der Waals surface area contributed by atoms with Gasteiger partial charge in [-0.15, -0.1) is 0 Å². The molecular weight excluding hydrogens is 442 g/mol. The van der Waals surface area contributed by atoms with Crippen LogP contribution in [0.5, 0.6) is 0 Å². The monoisotopic (exact) mass is 471 g/mol. The van der Waals surface area contributed by atoms with Crippen LogP contribution in [-0.4, -0.2) is 70.9 Å². The van der Waals surface area contributed by atoms with E-state index in [0.717, 1.165) is 45.0 Å². The van der Waals surface area contributed by atoms with Crippen LogP contribution in [0.25, 0.3) is 10.9 Å². The van der Waals surface area contributed by atoms with E-state index in [9.17, 15) is 4.79 Å². The van der Waals surface area contributed by atoms with Crippen LogP contribution in [0.3, 0.4) is 0 Å². The second-order valence-electron chi connectivity index (χ2n) is 9.91. The second kappa shape index (κ2) is 8.82. The molecule has 2 N–H and O–H groups in total. The van der Waals surface area contributed by atoms with E-state index in [4.69, 9.17) is 10.2 Å². The summed E-state index contributed by atoms with van der Waals surface area (Å²) >= 11 is 0. The van der Waals surface area contributed by atoms with Crippen LogP contribution >= 0.6 is 0 Å². The number of nitrogens with zero attached hydrogens (tertiary/aromatic N) is 7. The van der Waals surface area contributed by atoms with Crippen LogP contribution < -0.4 is 20.7 Å². The van der Waals surface area contributed by atoms with Crippen molar-refractivity contribution in [1.29, 1.82) is 5.26 Å². The van der Waals surface area contributed by atoms with Gasteiger partial charge in [0, 0.05) is 50.6 Å².